The van der Waals surface area contributed by atoms with Gasteiger partial charge in [-0.15, -0.1) is 23.2 Å². The number of alkyl halides is 2. The minimum absolute atomic E-state index is 0.0213. The second-order valence-corrected chi connectivity index (χ2v) is 7.56. The van der Waals surface area contributed by atoms with Crippen molar-refractivity contribution in [3.63, 3.8) is 0 Å². The van der Waals surface area contributed by atoms with E-state index in [-0.39, 0.29) is 16.7 Å². The fraction of sp³-hybridized carbons (Fsp3) is 0.462. The van der Waals surface area contributed by atoms with Crippen molar-refractivity contribution in [2.45, 2.75) is 21.9 Å². The zero-order valence-corrected chi connectivity index (χ0v) is 13.5. The highest BCUT2D eigenvalue weighted by Crippen LogP contribution is 2.39. The molecule has 0 fully saturated rings. The first-order chi connectivity index (χ1) is 9.02. The van der Waals surface area contributed by atoms with Gasteiger partial charge in [0.1, 0.15) is 4.75 Å². The van der Waals surface area contributed by atoms with E-state index in [9.17, 15) is 4.21 Å². The van der Waals surface area contributed by atoms with Crippen LogP contribution in [0, 0.1) is 5.92 Å². The Hall–Kier alpha value is -0.160. The van der Waals surface area contributed by atoms with Crippen molar-refractivity contribution in [2.75, 3.05) is 7.05 Å². The van der Waals surface area contributed by atoms with Gasteiger partial charge in [-0.1, -0.05) is 42.6 Å². The Bertz CT molecular complexity index is 489. The predicted octanol–water partition coefficient (Wildman–Crippen LogP) is 2.90. The van der Waals surface area contributed by atoms with Crippen LogP contribution in [0.2, 0.25) is 0 Å². The maximum Gasteiger partial charge on any atom is 0.124 e. The monoisotopic (exact) mass is 335 g/mol. The largest absolute Gasteiger partial charge is 0.381 e. The van der Waals surface area contributed by atoms with Crippen LogP contribution < -0.4 is 5.32 Å². The SMILES string of the molecule is CNC(=S)[C@@]1(C2C=CC(Cl)C(Cl)C2)C=CC=C[S@]1=O. The molecule has 1 heterocycles. The van der Waals surface area contributed by atoms with E-state index in [2.05, 4.69) is 5.32 Å². The van der Waals surface area contributed by atoms with Crippen molar-refractivity contribution in [3.8, 4) is 0 Å². The summed E-state index contributed by atoms with van der Waals surface area (Å²) >= 11 is 17.8. The van der Waals surface area contributed by atoms with E-state index in [0.29, 0.717) is 11.4 Å². The standard InChI is InChI=1S/C13H15Cl2NOS2/c1-16-12(18)13(6-2-3-7-19(13)17)9-4-5-10(14)11(15)8-9/h2-7,9-11H,8H2,1H3,(H,16,18)/t9?,10?,11?,13-,19+/m0/s1. The molecule has 0 aromatic rings. The molecule has 0 aromatic heterocycles. The molecule has 0 amide bonds. The average molecular weight is 336 g/mol. The molecule has 0 bridgehead atoms. The fourth-order valence-electron chi connectivity index (χ4n) is 2.43. The topological polar surface area (TPSA) is 29.1 Å². The van der Waals surface area contributed by atoms with Gasteiger partial charge >= 0.3 is 0 Å². The highest BCUT2D eigenvalue weighted by Gasteiger charge is 2.47. The van der Waals surface area contributed by atoms with Gasteiger partial charge in [-0.25, -0.2) is 0 Å². The third-order valence-electron chi connectivity index (χ3n) is 3.47. The lowest BCUT2D eigenvalue weighted by Gasteiger charge is -2.39. The zero-order chi connectivity index (χ0) is 14.0. The Labute approximate surface area is 131 Å². The lowest BCUT2D eigenvalue weighted by molar-refractivity contribution is 0.514. The Kier molecular flexibility index (Phi) is 4.88. The van der Waals surface area contributed by atoms with Gasteiger partial charge in [0, 0.05) is 18.4 Å². The van der Waals surface area contributed by atoms with Crippen LogP contribution in [0.5, 0.6) is 0 Å². The van der Waals surface area contributed by atoms with Gasteiger partial charge in [0.15, 0.2) is 0 Å². The van der Waals surface area contributed by atoms with Crippen LogP contribution in [0.4, 0.5) is 0 Å². The molecule has 5 atom stereocenters. The molecule has 2 nitrogen and oxygen atoms in total. The number of nitrogens with one attached hydrogen (secondary N) is 1. The zero-order valence-electron chi connectivity index (χ0n) is 10.4. The van der Waals surface area contributed by atoms with Gasteiger partial charge in [0.2, 0.25) is 0 Å². The molecule has 6 heteroatoms. The first kappa shape index (κ1) is 15.2. The number of hydrogen-bond acceptors (Lipinski definition) is 2. The highest BCUT2D eigenvalue weighted by molar-refractivity contribution is 7.92. The van der Waals surface area contributed by atoms with Crippen LogP contribution >= 0.6 is 35.4 Å². The van der Waals surface area contributed by atoms with E-state index in [0.717, 1.165) is 0 Å². The molecule has 0 saturated heterocycles. The molecule has 3 unspecified atom stereocenters. The maximum atomic E-state index is 12.5. The molecule has 2 aliphatic rings. The molecule has 0 spiro atoms. The van der Waals surface area contributed by atoms with Crippen LogP contribution in [0.3, 0.4) is 0 Å². The van der Waals surface area contributed by atoms with Gasteiger partial charge in [-0.3, -0.25) is 4.21 Å². The van der Waals surface area contributed by atoms with Gasteiger partial charge in [-0.05, 0) is 6.42 Å². The number of hydrogen-bond donors (Lipinski definition) is 1. The van der Waals surface area contributed by atoms with Crippen molar-refractivity contribution in [3.05, 3.63) is 35.8 Å². The second-order valence-electron chi connectivity index (χ2n) is 4.54. The Morgan fingerprint density at radius 1 is 1.42 bits per heavy atom. The third-order valence-corrected chi connectivity index (χ3v) is 6.89. The van der Waals surface area contributed by atoms with E-state index < -0.39 is 15.5 Å². The lowest BCUT2D eigenvalue weighted by atomic mass is 9.82. The number of halogens is 2. The summed E-state index contributed by atoms with van der Waals surface area (Å²) in [6, 6.07) is 0. The van der Waals surface area contributed by atoms with Gasteiger partial charge in [-0.2, -0.15) is 0 Å². The molecular formula is C13H15Cl2NOS2. The Balaban J connectivity index is 2.43. The molecule has 2 rings (SSSR count). The molecule has 1 aliphatic heterocycles. The molecule has 0 saturated carbocycles. The normalized spacial score (nSPS) is 41.2. The fourth-order valence-corrected chi connectivity index (χ4v) is 4.79. The summed E-state index contributed by atoms with van der Waals surface area (Å²) in [5.41, 5.74) is 0. The van der Waals surface area contributed by atoms with Gasteiger partial charge in [0.05, 0.1) is 26.5 Å². The minimum atomic E-state index is -1.21. The van der Waals surface area contributed by atoms with Gasteiger partial charge < -0.3 is 5.32 Å². The molecule has 104 valence electrons. The first-order valence-corrected chi connectivity index (χ1v) is 8.47. The molecule has 0 radical (unpaired) electrons. The van der Waals surface area contributed by atoms with Crippen LogP contribution in [-0.2, 0) is 10.8 Å². The molecule has 19 heavy (non-hydrogen) atoms. The summed E-state index contributed by atoms with van der Waals surface area (Å²) in [5, 5.41) is 4.28. The van der Waals surface area contributed by atoms with E-state index in [1.165, 1.54) is 0 Å². The molecule has 1 N–H and O–H groups in total. The average Bonchev–Trinajstić information content (AvgIpc) is 2.42. The van der Waals surface area contributed by atoms with E-state index in [1.807, 2.05) is 24.3 Å². The van der Waals surface area contributed by atoms with Crippen molar-refractivity contribution in [2.24, 2.45) is 5.92 Å². The number of allylic oxidation sites excluding steroid dienone is 4. The Morgan fingerprint density at radius 3 is 2.74 bits per heavy atom. The smallest absolute Gasteiger partial charge is 0.124 e. The first-order valence-electron chi connectivity index (χ1n) is 5.97. The predicted molar refractivity (Wildman–Crippen MR) is 87.3 cm³/mol. The number of thiocarbonyl (C=S) groups is 1. The highest BCUT2D eigenvalue weighted by atomic mass is 35.5. The number of rotatable bonds is 2. The maximum absolute atomic E-state index is 12.5. The third kappa shape index (κ3) is 2.68. The minimum Gasteiger partial charge on any atom is -0.381 e. The lowest BCUT2D eigenvalue weighted by Crippen LogP contribution is -2.53. The van der Waals surface area contributed by atoms with E-state index in [4.69, 9.17) is 35.4 Å². The summed E-state index contributed by atoms with van der Waals surface area (Å²) in [6.07, 6.45) is 10.1. The van der Waals surface area contributed by atoms with E-state index in [1.54, 1.807) is 18.5 Å². The quantitative estimate of drug-likeness (QED) is 0.478. The summed E-state index contributed by atoms with van der Waals surface area (Å²) < 4.78 is 11.8. The van der Waals surface area contributed by atoms with Crippen LogP contribution in [0.1, 0.15) is 6.42 Å². The van der Waals surface area contributed by atoms with Crippen LogP contribution in [-0.4, -0.2) is 31.7 Å². The summed E-state index contributed by atoms with van der Waals surface area (Å²) in [6.45, 7) is 0. The van der Waals surface area contributed by atoms with Crippen molar-refractivity contribution >= 4 is 51.2 Å². The van der Waals surface area contributed by atoms with Crippen molar-refractivity contribution < 1.29 is 4.21 Å². The molecular weight excluding hydrogens is 321 g/mol. The van der Waals surface area contributed by atoms with E-state index >= 15 is 0 Å². The summed E-state index contributed by atoms with van der Waals surface area (Å²) in [4.78, 5) is 0.568. The summed E-state index contributed by atoms with van der Waals surface area (Å²) in [5.74, 6) is -0.0213. The second kappa shape index (κ2) is 6.08. The molecule has 1 aliphatic carbocycles. The van der Waals surface area contributed by atoms with Gasteiger partial charge in [0.25, 0.3) is 0 Å². The van der Waals surface area contributed by atoms with Crippen LogP contribution in [0.15, 0.2) is 35.8 Å². The summed E-state index contributed by atoms with van der Waals surface area (Å²) in [7, 11) is 0.538. The Morgan fingerprint density at radius 2 is 2.16 bits per heavy atom. The van der Waals surface area contributed by atoms with Crippen molar-refractivity contribution in [1.82, 2.24) is 5.32 Å². The molecule has 0 aromatic carbocycles. The van der Waals surface area contributed by atoms with Crippen molar-refractivity contribution in [1.29, 1.82) is 0 Å². The van der Waals surface area contributed by atoms with Crippen LogP contribution in [0.25, 0.3) is 0 Å².